The highest BCUT2D eigenvalue weighted by molar-refractivity contribution is 8.02. The summed E-state index contributed by atoms with van der Waals surface area (Å²) >= 11 is 1.88. The van der Waals surface area contributed by atoms with Gasteiger partial charge in [0, 0.05) is 5.69 Å². The van der Waals surface area contributed by atoms with E-state index in [2.05, 4.69) is 57.7 Å². The molecule has 1 aromatic carbocycles. The van der Waals surface area contributed by atoms with Crippen LogP contribution in [0.25, 0.3) is 0 Å². The fourth-order valence-corrected chi connectivity index (χ4v) is 5.48. The molecule has 23 heavy (non-hydrogen) atoms. The van der Waals surface area contributed by atoms with Gasteiger partial charge in [0.2, 0.25) is 5.91 Å². The van der Waals surface area contributed by atoms with Crippen molar-refractivity contribution in [2.45, 2.75) is 65.2 Å². The number of benzene rings is 1. The lowest BCUT2D eigenvalue weighted by Gasteiger charge is -2.45. The van der Waals surface area contributed by atoms with Gasteiger partial charge in [0.25, 0.3) is 0 Å². The van der Waals surface area contributed by atoms with Gasteiger partial charge in [0.1, 0.15) is 0 Å². The van der Waals surface area contributed by atoms with E-state index in [-0.39, 0.29) is 10.8 Å². The minimum Gasteiger partial charge on any atom is -0.297 e. The van der Waals surface area contributed by atoms with Crippen LogP contribution in [-0.4, -0.2) is 16.5 Å². The number of nitrogens with zero attached hydrogens (tertiary/aromatic N) is 1. The van der Waals surface area contributed by atoms with E-state index in [1.807, 2.05) is 11.8 Å². The van der Waals surface area contributed by atoms with E-state index < -0.39 is 0 Å². The summed E-state index contributed by atoms with van der Waals surface area (Å²) in [5, 5.41) is 0. The van der Waals surface area contributed by atoms with Gasteiger partial charge in [-0.15, -0.1) is 11.8 Å². The summed E-state index contributed by atoms with van der Waals surface area (Å²) < 4.78 is 0. The summed E-state index contributed by atoms with van der Waals surface area (Å²) in [7, 11) is 0. The third-order valence-corrected chi connectivity index (χ3v) is 7.38. The van der Waals surface area contributed by atoms with Crippen molar-refractivity contribution in [2.75, 3.05) is 10.7 Å². The average Bonchev–Trinajstić information content (AvgIpc) is 2.78. The van der Waals surface area contributed by atoms with E-state index >= 15 is 0 Å². The van der Waals surface area contributed by atoms with E-state index in [1.165, 1.54) is 24.0 Å². The van der Waals surface area contributed by atoms with Crippen LogP contribution >= 0.6 is 11.8 Å². The second-order valence-corrected chi connectivity index (χ2v) is 9.71. The van der Waals surface area contributed by atoms with E-state index in [4.69, 9.17) is 0 Å². The van der Waals surface area contributed by atoms with Crippen LogP contribution in [0.5, 0.6) is 0 Å². The number of hydrogen-bond acceptors (Lipinski definition) is 2. The molecule has 1 saturated heterocycles. The van der Waals surface area contributed by atoms with Crippen LogP contribution in [0.2, 0.25) is 0 Å². The van der Waals surface area contributed by atoms with Crippen LogP contribution in [0.3, 0.4) is 0 Å². The maximum Gasteiger partial charge on any atom is 0.238 e. The molecule has 3 rings (SSSR count). The molecule has 2 nitrogen and oxygen atoms in total. The Morgan fingerprint density at radius 3 is 2.35 bits per heavy atom. The molecule has 1 aromatic rings. The zero-order valence-corrected chi connectivity index (χ0v) is 15.9. The number of anilines is 1. The molecule has 0 aromatic heterocycles. The number of hydrogen-bond donors (Lipinski definition) is 0. The Morgan fingerprint density at radius 1 is 1.13 bits per heavy atom. The predicted molar refractivity (Wildman–Crippen MR) is 100 cm³/mol. The highest BCUT2D eigenvalue weighted by Gasteiger charge is 2.49. The van der Waals surface area contributed by atoms with Crippen molar-refractivity contribution in [3.63, 3.8) is 0 Å². The monoisotopic (exact) mass is 331 g/mol. The molecule has 0 radical (unpaired) electrons. The molecule has 2 aliphatic rings. The number of thioether (sulfide) groups is 1. The summed E-state index contributed by atoms with van der Waals surface area (Å²) in [6.45, 7) is 11.3. The van der Waals surface area contributed by atoms with Gasteiger partial charge in [0.15, 0.2) is 0 Å². The Balaban J connectivity index is 1.87. The van der Waals surface area contributed by atoms with E-state index in [0.29, 0.717) is 11.2 Å². The van der Waals surface area contributed by atoms with Crippen molar-refractivity contribution >= 4 is 23.4 Å². The number of carbonyl (C=O) groups is 1. The SMILES string of the molecule is Cc1ccc(N2C(=O)CSC23CCC(C(C)(C)C)CC3)cc1C. The van der Waals surface area contributed by atoms with E-state index in [0.717, 1.165) is 24.4 Å². The molecule has 1 heterocycles. The van der Waals surface area contributed by atoms with Gasteiger partial charge in [-0.2, -0.15) is 0 Å². The number of aryl methyl sites for hydroxylation is 2. The first kappa shape index (κ1) is 16.9. The molecule has 3 heteroatoms. The van der Waals surface area contributed by atoms with Crippen molar-refractivity contribution in [1.82, 2.24) is 0 Å². The van der Waals surface area contributed by atoms with Gasteiger partial charge in [-0.05, 0) is 74.1 Å². The molecule has 2 fully saturated rings. The van der Waals surface area contributed by atoms with Gasteiger partial charge in [-0.3, -0.25) is 9.69 Å². The third kappa shape index (κ3) is 3.05. The Hall–Kier alpha value is -0.960. The topological polar surface area (TPSA) is 20.3 Å². The fraction of sp³-hybridized carbons (Fsp3) is 0.650. The minimum atomic E-state index is 0.000527. The predicted octanol–water partition coefficient (Wildman–Crippen LogP) is 5.32. The molecular weight excluding hydrogens is 302 g/mol. The smallest absolute Gasteiger partial charge is 0.238 e. The molecular formula is C20H29NOS. The highest BCUT2D eigenvalue weighted by Crippen LogP contribution is 2.52. The molecule has 1 saturated carbocycles. The fourth-order valence-electron chi connectivity index (χ4n) is 4.10. The lowest BCUT2D eigenvalue weighted by molar-refractivity contribution is -0.116. The maximum atomic E-state index is 12.6. The quantitative estimate of drug-likeness (QED) is 0.694. The molecule has 1 aliphatic carbocycles. The number of rotatable bonds is 1. The molecule has 0 unspecified atom stereocenters. The maximum absolute atomic E-state index is 12.6. The highest BCUT2D eigenvalue weighted by atomic mass is 32.2. The normalized spacial score (nSPS) is 28.7. The van der Waals surface area contributed by atoms with Crippen molar-refractivity contribution in [3.05, 3.63) is 29.3 Å². The summed E-state index contributed by atoms with van der Waals surface area (Å²) in [6.07, 6.45) is 4.70. The third-order valence-electron chi connectivity index (χ3n) is 5.86. The first-order chi connectivity index (χ1) is 10.7. The lowest BCUT2D eigenvalue weighted by atomic mass is 9.71. The van der Waals surface area contributed by atoms with Crippen LogP contribution in [0.4, 0.5) is 5.69 Å². The minimum absolute atomic E-state index is 0.000527. The Labute approximate surface area is 145 Å². The standard InChI is InChI=1S/C20H29NOS/c1-14-6-7-17(12-15(14)2)21-18(22)13-23-20(21)10-8-16(9-11-20)19(3,4)5/h6-7,12,16H,8-11,13H2,1-5H3. The van der Waals surface area contributed by atoms with Gasteiger partial charge >= 0.3 is 0 Å². The first-order valence-corrected chi connectivity index (χ1v) is 9.76. The average molecular weight is 332 g/mol. The van der Waals surface area contributed by atoms with Gasteiger partial charge < -0.3 is 0 Å². The molecule has 1 spiro atoms. The van der Waals surface area contributed by atoms with Crippen molar-refractivity contribution in [2.24, 2.45) is 11.3 Å². The molecule has 0 N–H and O–H groups in total. The molecule has 126 valence electrons. The van der Waals surface area contributed by atoms with Crippen molar-refractivity contribution in [1.29, 1.82) is 0 Å². The molecule has 0 atom stereocenters. The van der Waals surface area contributed by atoms with Crippen LogP contribution in [0, 0.1) is 25.2 Å². The van der Waals surface area contributed by atoms with Gasteiger partial charge in [-0.1, -0.05) is 26.8 Å². The molecule has 0 bridgehead atoms. The summed E-state index contributed by atoms with van der Waals surface area (Å²) in [5.41, 5.74) is 4.03. The summed E-state index contributed by atoms with van der Waals surface area (Å²) in [5.74, 6) is 1.69. The number of amides is 1. The van der Waals surface area contributed by atoms with Gasteiger partial charge in [0.05, 0.1) is 10.6 Å². The van der Waals surface area contributed by atoms with Crippen LogP contribution in [0.1, 0.15) is 57.6 Å². The van der Waals surface area contributed by atoms with Crippen LogP contribution < -0.4 is 4.90 Å². The molecule has 1 amide bonds. The zero-order chi connectivity index (χ0) is 16.8. The summed E-state index contributed by atoms with van der Waals surface area (Å²) in [4.78, 5) is 14.8. The Morgan fingerprint density at radius 2 is 1.78 bits per heavy atom. The second kappa shape index (κ2) is 5.84. The van der Waals surface area contributed by atoms with Crippen LogP contribution in [0.15, 0.2) is 18.2 Å². The van der Waals surface area contributed by atoms with Crippen LogP contribution in [-0.2, 0) is 4.79 Å². The number of carbonyl (C=O) groups excluding carboxylic acids is 1. The second-order valence-electron chi connectivity index (χ2n) is 8.37. The van der Waals surface area contributed by atoms with Crippen molar-refractivity contribution in [3.8, 4) is 0 Å². The van der Waals surface area contributed by atoms with Gasteiger partial charge in [-0.25, -0.2) is 0 Å². The lowest BCUT2D eigenvalue weighted by Crippen LogP contribution is -2.48. The Kier molecular flexibility index (Phi) is 4.29. The molecule has 1 aliphatic heterocycles. The zero-order valence-electron chi connectivity index (χ0n) is 15.1. The largest absolute Gasteiger partial charge is 0.297 e. The Bertz CT molecular complexity index is 609. The van der Waals surface area contributed by atoms with Crippen molar-refractivity contribution < 1.29 is 4.79 Å². The summed E-state index contributed by atoms with van der Waals surface area (Å²) in [6, 6.07) is 6.47. The first-order valence-electron chi connectivity index (χ1n) is 8.77. The van der Waals surface area contributed by atoms with E-state index in [1.54, 1.807) is 0 Å². The van der Waals surface area contributed by atoms with E-state index in [9.17, 15) is 4.79 Å².